The van der Waals surface area contributed by atoms with Crippen LogP contribution in [0.1, 0.15) is 31.9 Å². The van der Waals surface area contributed by atoms with Gasteiger partial charge in [0.15, 0.2) is 0 Å². The summed E-state index contributed by atoms with van der Waals surface area (Å²) < 4.78 is 22.2. The molecule has 21 heavy (non-hydrogen) atoms. The van der Waals surface area contributed by atoms with Crippen molar-refractivity contribution in [3.8, 4) is 0 Å². The Morgan fingerprint density at radius 3 is 2.33 bits per heavy atom. The van der Waals surface area contributed by atoms with E-state index < -0.39 is 9.84 Å². The molecule has 3 N–H and O–H groups in total. The fraction of sp³-hybridized carbons (Fsp3) is 0.533. The van der Waals surface area contributed by atoms with Crippen LogP contribution in [0, 0.1) is 5.92 Å². The first-order valence-electron chi connectivity index (χ1n) is 6.99. The van der Waals surface area contributed by atoms with Crippen molar-refractivity contribution in [1.29, 1.82) is 0 Å². The van der Waals surface area contributed by atoms with Crippen LogP contribution in [0.15, 0.2) is 30.3 Å². The Labute approximate surface area is 126 Å². The van der Waals surface area contributed by atoms with Gasteiger partial charge >= 0.3 is 0 Å². The first kappa shape index (κ1) is 17.7. The lowest BCUT2D eigenvalue weighted by Crippen LogP contribution is -2.40. The molecule has 3 unspecified atom stereocenters. The molecule has 118 valence electrons. The maximum absolute atomic E-state index is 12.2. The summed E-state index contributed by atoms with van der Waals surface area (Å²) in [4.78, 5) is 12.2. The van der Waals surface area contributed by atoms with Crippen LogP contribution in [-0.2, 0) is 14.6 Å². The van der Waals surface area contributed by atoms with Gasteiger partial charge in [0.2, 0.25) is 5.91 Å². The van der Waals surface area contributed by atoms with E-state index in [0.29, 0.717) is 6.42 Å². The summed E-state index contributed by atoms with van der Waals surface area (Å²) >= 11 is 0. The number of hydrogen-bond donors (Lipinski definition) is 2. The van der Waals surface area contributed by atoms with Crippen molar-refractivity contribution in [2.75, 3.05) is 12.0 Å². The standard InChI is InChI=1S/C15H24N2O3S/c1-11(9-10-21(3,19)20)17-15(18)12(2)14(16)13-7-5-4-6-8-13/h4-8,11-12,14H,9-10,16H2,1-3H3,(H,17,18). The summed E-state index contributed by atoms with van der Waals surface area (Å²) in [5.74, 6) is -0.478. The van der Waals surface area contributed by atoms with Gasteiger partial charge in [0.1, 0.15) is 9.84 Å². The van der Waals surface area contributed by atoms with Crippen molar-refractivity contribution in [1.82, 2.24) is 5.32 Å². The predicted molar refractivity (Wildman–Crippen MR) is 84.5 cm³/mol. The summed E-state index contributed by atoms with van der Waals surface area (Å²) in [6.07, 6.45) is 1.59. The van der Waals surface area contributed by atoms with Crippen LogP contribution < -0.4 is 11.1 Å². The molecule has 0 aliphatic carbocycles. The average Bonchev–Trinajstić information content (AvgIpc) is 2.43. The number of rotatable bonds is 7. The quantitative estimate of drug-likeness (QED) is 0.793. The van der Waals surface area contributed by atoms with Gasteiger partial charge in [-0.1, -0.05) is 37.3 Å². The molecule has 0 radical (unpaired) electrons. The van der Waals surface area contributed by atoms with Gasteiger partial charge in [0, 0.05) is 18.3 Å². The molecule has 1 rings (SSSR count). The van der Waals surface area contributed by atoms with Gasteiger partial charge in [0.25, 0.3) is 0 Å². The van der Waals surface area contributed by atoms with Crippen molar-refractivity contribution in [3.63, 3.8) is 0 Å². The minimum Gasteiger partial charge on any atom is -0.353 e. The number of nitrogens with one attached hydrogen (secondary N) is 1. The number of carbonyl (C=O) groups excluding carboxylic acids is 1. The van der Waals surface area contributed by atoms with E-state index >= 15 is 0 Å². The van der Waals surface area contributed by atoms with Crippen molar-refractivity contribution >= 4 is 15.7 Å². The van der Waals surface area contributed by atoms with Crippen LogP contribution in [0.5, 0.6) is 0 Å². The Bertz CT molecular complexity index is 558. The molecule has 1 aromatic rings. The highest BCUT2D eigenvalue weighted by molar-refractivity contribution is 7.90. The highest BCUT2D eigenvalue weighted by atomic mass is 32.2. The number of nitrogens with two attached hydrogens (primary N) is 1. The van der Waals surface area contributed by atoms with E-state index in [1.807, 2.05) is 30.3 Å². The fourth-order valence-electron chi connectivity index (χ4n) is 1.96. The summed E-state index contributed by atoms with van der Waals surface area (Å²) in [7, 11) is -3.01. The lowest BCUT2D eigenvalue weighted by atomic mass is 9.94. The molecule has 1 aromatic carbocycles. The normalized spacial score (nSPS) is 16.0. The SMILES string of the molecule is CC(CCS(C)(=O)=O)NC(=O)C(C)C(N)c1ccccc1. The monoisotopic (exact) mass is 312 g/mol. The van der Waals surface area contributed by atoms with E-state index in [0.717, 1.165) is 5.56 Å². The van der Waals surface area contributed by atoms with E-state index in [1.165, 1.54) is 6.26 Å². The zero-order valence-electron chi connectivity index (χ0n) is 12.7. The summed E-state index contributed by atoms with van der Waals surface area (Å²) in [5.41, 5.74) is 7.01. The van der Waals surface area contributed by atoms with E-state index in [1.54, 1.807) is 13.8 Å². The summed E-state index contributed by atoms with van der Waals surface area (Å²) in [6.45, 7) is 3.57. The molecule has 0 saturated heterocycles. The number of sulfone groups is 1. The third-order valence-electron chi connectivity index (χ3n) is 3.45. The highest BCUT2D eigenvalue weighted by Gasteiger charge is 2.23. The Morgan fingerprint density at radius 1 is 1.24 bits per heavy atom. The van der Waals surface area contributed by atoms with E-state index in [9.17, 15) is 13.2 Å². The maximum Gasteiger partial charge on any atom is 0.224 e. The second-order valence-electron chi connectivity index (χ2n) is 5.55. The Kier molecular flexibility index (Phi) is 6.36. The highest BCUT2D eigenvalue weighted by Crippen LogP contribution is 2.19. The number of amides is 1. The number of carbonyl (C=O) groups is 1. The second kappa shape index (κ2) is 7.56. The zero-order valence-corrected chi connectivity index (χ0v) is 13.6. The van der Waals surface area contributed by atoms with Gasteiger partial charge in [0.05, 0.1) is 11.7 Å². The molecule has 0 aliphatic heterocycles. The Morgan fingerprint density at radius 2 is 1.81 bits per heavy atom. The smallest absolute Gasteiger partial charge is 0.224 e. The van der Waals surface area contributed by atoms with Gasteiger partial charge < -0.3 is 11.1 Å². The first-order valence-corrected chi connectivity index (χ1v) is 9.05. The molecule has 1 amide bonds. The molecule has 0 fully saturated rings. The molecule has 6 heteroatoms. The van der Waals surface area contributed by atoms with Crippen LogP contribution in [0.4, 0.5) is 0 Å². The molecule has 0 saturated carbocycles. The third-order valence-corrected chi connectivity index (χ3v) is 4.42. The average molecular weight is 312 g/mol. The molecule has 3 atom stereocenters. The Balaban J connectivity index is 2.54. The van der Waals surface area contributed by atoms with E-state index in [2.05, 4.69) is 5.32 Å². The van der Waals surface area contributed by atoms with Gasteiger partial charge in [-0.3, -0.25) is 4.79 Å². The molecule has 0 bridgehead atoms. The van der Waals surface area contributed by atoms with Crippen LogP contribution in [0.25, 0.3) is 0 Å². The van der Waals surface area contributed by atoms with Gasteiger partial charge in [-0.2, -0.15) is 0 Å². The third kappa shape index (κ3) is 6.27. The minimum absolute atomic E-state index is 0.0631. The fourth-order valence-corrected chi connectivity index (χ4v) is 2.75. The van der Waals surface area contributed by atoms with Crippen LogP contribution in [0.2, 0.25) is 0 Å². The van der Waals surface area contributed by atoms with Gasteiger partial charge in [-0.05, 0) is 18.9 Å². The lowest BCUT2D eigenvalue weighted by Gasteiger charge is -2.22. The minimum atomic E-state index is -3.01. The zero-order chi connectivity index (χ0) is 16.0. The molecule has 0 spiro atoms. The lowest BCUT2D eigenvalue weighted by molar-refractivity contribution is -0.125. The van der Waals surface area contributed by atoms with Crippen molar-refractivity contribution < 1.29 is 13.2 Å². The maximum atomic E-state index is 12.2. The van der Waals surface area contributed by atoms with Gasteiger partial charge in [-0.25, -0.2) is 8.42 Å². The van der Waals surface area contributed by atoms with Crippen LogP contribution in [0.3, 0.4) is 0 Å². The van der Waals surface area contributed by atoms with Crippen molar-refractivity contribution in [2.24, 2.45) is 11.7 Å². The topological polar surface area (TPSA) is 89.3 Å². The molecular formula is C15H24N2O3S. The number of hydrogen-bond acceptors (Lipinski definition) is 4. The molecule has 0 heterocycles. The molecule has 5 nitrogen and oxygen atoms in total. The van der Waals surface area contributed by atoms with E-state index in [4.69, 9.17) is 5.73 Å². The second-order valence-corrected chi connectivity index (χ2v) is 7.81. The summed E-state index contributed by atoms with van der Waals surface area (Å²) in [6, 6.07) is 8.87. The molecule has 0 aromatic heterocycles. The summed E-state index contributed by atoms with van der Waals surface area (Å²) in [5, 5.41) is 2.82. The molecule has 0 aliphatic rings. The van der Waals surface area contributed by atoms with Crippen LogP contribution in [-0.4, -0.2) is 32.4 Å². The van der Waals surface area contributed by atoms with Crippen LogP contribution >= 0.6 is 0 Å². The predicted octanol–water partition coefficient (Wildman–Crippen LogP) is 1.26. The first-order chi connectivity index (χ1) is 9.70. The van der Waals surface area contributed by atoms with E-state index in [-0.39, 0.29) is 29.7 Å². The van der Waals surface area contributed by atoms with Crippen molar-refractivity contribution in [3.05, 3.63) is 35.9 Å². The number of benzene rings is 1. The van der Waals surface area contributed by atoms with Crippen molar-refractivity contribution in [2.45, 2.75) is 32.4 Å². The Hall–Kier alpha value is -1.40. The largest absolute Gasteiger partial charge is 0.353 e. The molecular weight excluding hydrogens is 288 g/mol. The van der Waals surface area contributed by atoms with Gasteiger partial charge in [-0.15, -0.1) is 0 Å².